The molecule has 0 spiro atoms. The van der Waals surface area contributed by atoms with Crippen molar-refractivity contribution in [3.05, 3.63) is 43.8 Å². The molecule has 2 heterocycles. The van der Waals surface area contributed by atoms with Gasteiger partial charge in [0.05, 0.1) is 4.92 Å². The predicted molar refractivity (Wildman–Crippen MR) is 66.7 cm³/mol. The van der Waals surface area contributed by atoms with Crippen LogP contribution in [0, 0.1) is 25.0 Å². The van der Waals surface area contributed by atoms with Gasteiger partial charge in [0.2, 0.25) is 0 Å². The Morgan fingerprint density at radius 2 is 2.24 bits per heavy atom. The van der Waals surface area contributed by atoms with Crippen LogP contribution in [-0.2, 0) is 0 Å². The third kappa shape index (κ3) is 1.66. The van der Waals surface area contributed by atoms with Crippen LogP contribution in [0.15, 0.2) is 24.4 Å². The quantitative estimate of drug-likeness (QED) is 0.275. The fourth-order valence-electron chi connectivity index (χ4n) is 1.60. The van der Waals surface area contributed by atoms with Crippen molar-refractivity contribution >= 4 is 39.6 Å². The minimum absolute atomic E-state index is 0.0374. The number of nitriles is 1. The van der Waals surface area contributed by atoms with Crippen molar-refractivity contribution in [1.82, 2.24) is 4.40 Å². The summed E-state index contributed by atoms with van der Waals surface area (Å²) in [7, 11) is 0. The van der Waals surface area contributed by atoms with E-state index in [-0.39, 0.29) is 15.0 Å². The summed E-state index contributed by atoms with van der Waals surface area (Å²) in [6.45, 7) is 0. The zero-order chi connectivity index (χ0) is 12.6. The lowest BCUT2D eigenvalue weighted by molar-refractivity contribution is -0.383. The van der Waals surface area contributed by atoms with Gasteiger partial charge in [0.15, 0.2) is 0 Å². The second-order valence-electron chi connectivity index (χ2n) is 3.17. The maximum atomic E-state index is 11.5. The Kier molecular flexibility index (Phi) is 2.81. The number of fused-ring (bicyclic) bond motifs is 1. The SMILES string of the molecule is N#CC(=O)c1c(I)c([N+](=O)[O-])c2ccccn12. The number of aromatic nitrogens is 1. The normalized spacial score (nSPS) is 10.1. The highest BCUT2D eigenvalue weighted by atomic mass is 127. The number of rotatable bonds is 2. The molecular weight excluding hydrogens is 337 g/mol. The number of carbonyl (C=O) groups is 1. The molecule has 0 N–H and O–H groups in total. The zero-order valence-electron chi connectivity index (χ0n) is 8.25. The summed E-state index contributed by atoms with van der Waals surface area (Å²) >= 11 is 1.71. The highest BCUT2D eigenvalue weighted by Crippen LogP contribution is 2.32. The number of Topliss-reactive ketones (excluding diaryl/α,β-unsaturated/α-hetero) is 1. The molecule has 2 aromatic rings. The molecule has 7 heteroatoms. The molecule has 2 aromatic heterocycles. The standard InChI is InChI=1S/C10H4IN3O3/c11-8-9(14(16)17)6-3-1-2-4-13(6)10(8)7(15)5-12/h1-4H. The van der Waals surface area contributed by atoms with Crippen LogP contribution >= 0.6 is 22.6 Å². The highest BCUT2D eigenvalue weighted by molar-refractivity contribution is 14.1. The molecular formula is C10H4IN3O3. The number of halogens is 1. The largest absolute Gasteiger partial charge is 0.308 e. The third-order valence-corrected chi connectivity index (χ3v) is 3.28. The average molecular weight is 341 g/mol. The highest BCUT2D eigenvalue weighted by Gasteiger charge is 2.28. The number of hydrogen-bond donors (Lipinski definition) is 0. The van der Waals surface area contributed by atoms with E-state index in [1.807, 2.05) is 0 Å². The van der Waals surface area contributed by atoms with Gasteiger partial charge in [-0.15, -0.1) is 0 Å². The number of nitrogens with zero attached hydrogens (tertiary/aromatic N) is 3. The first-order chi connectivity index (χ1) is 8.07. The van der Waals surface area contributed by atoms with Gasteiger partial charge in [0.1, 0.15) is 20.9 Å². The maximum Gasteiger partial charge on any atom is 0.308 e. The van der Waals surface area contributed by atoms with Crippen LogP contribution in [0.5, 0.6) is 0 Å². The van der Waals surface area contributed by atoms with E-state index in [1.165, 1.54) is 22.7 Å². The molecule has 84 valence electrons. The monoisotopic (exact) mass is 341 g/mol. The summed E-state index contributed by atoms with van der Waals surface area (Å²) in [4.78, 5) is 21.9. The summed E-state index contributed by atoms with van der Waals surface area (Å²) < 4.78 is 1.55. The second-order valence-corrected chi connectivity index (χ2v) is 4.24. The first-order valence-electron chi connectivity index (χ1n) is 4.45. The summed E-state index contributed by atoms with van der Waals surface area (Å²) in [5, 5.41) is 19.6. The van der Waals surface area contributed by atoms with Gasteiger partial charge >= 0.3 is 5.69 Å². The van der Waals surface area contributed by atoms with E-state index in [9.17, 15) is 14.9 Å². The molecule has 0 radical (unpaired) electrons. The van der Waals surface area contributed by atoms with Crippen LogP contribution in [0.1, 0.15) is 10.5 Å². The minimum atomic E-state index is -0.788. The summed E-state index contributed by atoms with van der Waals surface area (Å²) in [5.41, 5.74) is 0.195. The lowest BCUT2D eigenvalue weighted by Crippen LogP contribution is -2.01. The van der Waals surface area contributed by atoms with E-state index in [4.69, 9.17) is 5.26 Å². The number of pyridine rings is 1. The van der Waals surface area contributed by atoms with E-state index in [0.29, 0.717) is 5.52 Å². The smallest absolute Gasteiger partial charge is 0.306 e. The molecule has 2 rings (SSSR count). The number of carbonyl (C=O) groups excluding carboxylic acids is 1. The summed E-state index contributed by atoms with van der Waals surface area (Å²) in [5.74, 6) is -0.788. The van der Waals surface area contributed by atoms with Crippen molar-refractivity contribution in [3.63, 3.8) is 0 Å². The fraction of sp³-hybridized carbons (Fsp3) is 0. The fourth-order valence-corrected chi connectivity index (χ4v) is 2.58. The van der Waals surface area contributed by atoms with E-state index in [0.717, 1.165) is 0 Å². The molecule has 0 amide bonds. The Balaban J connectivity index is 2.95. The lowest BCUT2D eigenvalue weighted by atomic mass is 10.3. The van der Waals surface area contributed by atoms with Crippen LogP contribution < -0.4 is 0 Å². The van der Waals surface area contributed by atoms with E-state index in [1.54, 1.807) is 34.7 Å². The van der Waals surface area contributed by atoms with Crippen LogP contribution in [0.25, 0.3) is 5.52 Å². The molecule has 0 aliphatic heterocycles. The Labute approximate surface area is 109 Å². The minimum Gasteiger partial charge on any atom is -0.306 e. The van der Waals surface area contributed by atoms with Crippen molar-refractivity contribution in [2.75, 3.05) is 0 Å². The maximum absolute atomic E-state index is 11.5. The van der Waals surface area contributed by atoms with Crippen molar-refractivity contribution in [1.29, 1.82) is 5.26 Å². The Bertz CT molecular complexity index is 684. The third-order valence-electron chi connectivity index (χ3n) is 2.26. The molecule has 0 saturated heterocycles. The van der Waals surface area contributed by atoms with Gasteiger partial charge in [0, 0.05) is 6.20 Å². The summed E-state index contributed by atoms with van der Waals surface area (Å²) in [6.07, 6.45) is 1.52. The van der Waals surface area contributed by atoms with Crippen molar-refractivity contribution < 1.29 is 9.72 Å². The second kappa shape index (κ2) is 4.14. The van der Waals surface area contributed by atoms with E-state index >= 15 is 0 Å². The number of ketones is 1. The molecule has 17 heavy (non-hydrogen) atoms. The van der Waals surface area contributed by atoms with Gasteiger partial charge in [-0.25, -0.2) is 0 Å². The molecule has 0 saturated carbocycles. The van der Waals surface area contributed by atoms with Gasteiger partial charge < -0.3 is 4.40 Å². The topological polar surface area (TPSA) is 88.4 Å². The van der Waals surface area contributed by atoms with Crippen molar-refractivity contribution in [3.8, 4) is 6.07 Å². The molecule has 0 bridgehead atoms. The predicted octanol–water partition coefficient (Wildman–Crippen LogP) is 2.16. The number of hydrogen-bond acceptors (Lipinski definition) is 4. The van der Waals surface area contributed by atoms with E-state index in [2.05, 4.69) is 0 Å². The van der Waals surface area contributed by atoms with Gasteiger partial charge in [-0.3, -0.25) is 14.9 Å². The van der Waals surface area contributed by atoms with Crippen molar-refractivity contribution in [2.45, 2.75) is 0 Å². The molecule has 0 aromatic carbocycles. The lowest BCUT2D eigenvalue weighted by Gasteiger charge is -1.95. The molecule has 6 nitrogen and oxygen atoms in total. The molecule has 0 atom stereocenters. The zero-order valence-corrected chi connectivity index (χ0v) is 10.4. The van der Waals surface area contributed by atoms with E-state index < -0.39 is 10.7 Å². The molecule has 0 fully saturated rings. The number of nitro groups is 1. The molecule has 0 unspecified atom stereocenters. The molecule has 0 aliphatic carbocycles. The van der Waals surface area contributed by atoms with Gasteiger partial charge in [0.25, 0.3) is 5.78 Å². The van der Waals surface area contributed by atoms with Crippen LogP contribution in [-0.4, -0.2) is 15.1 Å². The average Bonchev–Trinajstić information content (AvgIpc) is 2.60. The van der Waals surface area contributed by atoms with Crippen LogP contribution in [0.3, 0.4) is 0 Å². The first-order valence-corrected chi connectivity index (χ1v) is 5.53. The van der Waals surface area contributed by atoms with Crippen LogP contribution in [0.4, 0.5) is 5.69 Å². The van der Waals surface area contributed by atoms with Gasteiger partial charge in [-0.05, 0) is 34.7 Å². The summed E-state index contributed by atoms with van der Waals surface area (Å²) in [6, 6.07) is 6.29. The Morgan fingerprint density at radius 3 is 2.82 bits per heavy atom. The Morgan fingerprint density at radius 1 is 1.53 bits per heavy atom. The first kappa shape index (κ1) is 11.5. The van der Waals surface area contributed by atoms with Gasteiger partial charge in [-0.2, -0.15) is 5.26 Å². The van der Waals surface area contributed by atoms with Crippen LogP contribution in [0.2, 0.25) is 0 Å². The Hall–Kier alpha value is -1.95. The van der Waals surface area contributed by atoms with Crippen molar-refractivity contribution in [2.24, 2.45) is 0 Å². The van der Waals surface area contributed by atoms with Gasteiger partial charge in [-0.1, -0.05) is 6.07 Å². The molecule has 0 aliphatic rings.